The Labute approximate surface area is 145 Å². The normalized spacial score (nSPS) is 23.9. The van der Waals surface area contributed by atoms with E-state index >= 15 is 0 Å². The molecule has 24 heavy (non-hydrogen) atoms. The van der Waals surface area contributed by atoms with Crippen LogP contribution in [0.3, 0.4) is 0 Å². The third-order valence-electron chi connectivity index (χ3n) is 5.36. The van der Waals surface area contributed by atoms with Crippen LogP contribution in [0.15, 0.2) is 17.4 Å². The minimum Gasteiger partial charge on any atom is -0.357 e. The number of guanidine groups is 1. The van der Waals surface area contributed by atoms with E-state index < -0.39 is 0 Å². The molecule has 3 heterocycles. The number of aromatic nitrogens is 2. The van der Waals surface area contributed by atoms with Crippen molar-refractivity contribution in [2.45, 2.75) is 32.1 Å². The molecule has 0 aliphatic carbocycles. The van der Waals surface area contributed by atoms with Crippen LogP contribution in [0.4, 0.5) is 0 Å². The van der Waals surface area contributed by atoms with E-state index in [0.717, 1.165) is 38.1 Å². The Morgan fingerprint density at radius 1 is 1.25 bits per heavy atom. The van der Waals surface area contributed by atoms with Gasteiger partial charge < -0.3 is 15.1 Å². The molecule has 2 saturated heterocycles. The van der Waals surface area contributed by atoms with Crippen molar-refractivity contribution in [1.29, 1.82) is 0 Å². The lowest BCUT2D eigenvalue weighted by Gasteiger charge is -2.28. The van der Waals surface area contributed by atoms with Crippen LogP contribution in [0.1, 0.15) is 37.7 Å². The van der Waals surface area contributed by atoms with Crippen LogP contribution in [0.25, 0.3) is 0 Å². The summed E-state index contributed by atoms with van der Waals surface area (Å²) in [6, 6.07) is 0. The summed E-state index contributed by atoms with van der Waals surface area (Å²) in [6.07, 6.45) is 7.90. The van der Waals surface area contributed by atoms with E-state index in [4.69, 9.17) is 4.99 Å². The SMILES string of the molecule is CCNC(=NCC1CCN(C)CC1)N1CCC(c2cnn(C)c2)C1. The van der Waals surface area contributed by atoms with E-state index in [0.29, 0.717) is 5.92 Å². The van der Waals surface area contributed by atoms with Crippen molar-refractivity contribution >= 4 is 5.96 Å². The Morgan fingerprint density at radius 3 is 2.71 bits per heavy atom. The van der Waals surface area contributed by atoms with Crippen LogP contribution in [-0.4, -0.2) is 71.9 Å². The largest absolute Gasteiger partial charge is 0.357 e. The van der Waals surface area contributed by atoms with Gasteiger partial charge in [-0.05, 0) is 57.8 Å². The Balaban J connectivity index is 1.58. The smallest absolute Gasteiger partial charge is 0.193 e. The standard InChI is InChI=1S/C18H32N6/c1-4-19-18(20-11-15-5-8-22(2)9-6-15)24-10-7-16(14-24)17-12-21-23(3)13-17/h12-13,15-16H,4-11,14H2,1-3H3,(H,19,20). The molecule has 0 amide bonds. The van der Waals surface area contributed by atoms with Gasteiger partial charge >= 0.3 is 0 Å². The fraction of sp³-hybridized carbons (Fsp3) is 0.778. The van der Waals surface area contributed by atoms with Crippen molar-refractivity contribution in [2.75, 3.05) is 46.3 Å². The highest BCUT2D eigenvalue weighted by Gasteiger charge is 2.27. The number of aliphatic imine (C=N–C) groups is 1. The second-order valence-corrected chi connectivity index (χ2v) is 7.32. The van der Waals surface area contributed by atoms with Crippen molar-refractivity contribution in [2.24, 2.45) is 18.0 Å². The van der Waals surface area contributed by atoms with Gasteiger partial charge in [-0.3, -0.25) is 9.67 Å². The molecule has 6 nitrogen and oxygen atoms in total. The first kappa shape index (κ1) is 17.3. The number of aryl methyl sites for hydroxylation is 1. The van der Waals surface area contributed by atoms with Gasteiger partial charge in [-0.25, -0.2) is 0 Å². The van der Waals surface area contributed by atoms with Crippen molar-refractivity contribution in [3.63, 3.8) is 0 Å². The summed E-state index contributed by atoms with van der Waals surface area (Å²) in [4.78, 5) is 9.82. The molecule has 1 aromatic heterocycles. The predicted octanol–water partition coefficient (Wildman–Crippen LogP) is 1.52. The minimum absolute atomic E-state index is 0.575. The number of likely N-dealkylation sites (tertiary alicyclic amines) is 2. The highest BCUT2D eigenvalue weighted by Crippen LogP contribution is 2.26. The average Bonchev–Trinajstić information content (AvgIpc) is 3.22. The maximum atomic E-state index is 4.97. The first-order valence-electron chi connectivity index (χ1n) is 9.36. The Bertz CT molecular complexity index is 543. The summed E-state index contributed by atoms with van der Waals surface area (Å²) in [7, 11) is 4.20. The molecule has 1 N–H and O–H groups in total. The van der Waals surface area contributed by atoms with E-state index in [1.807, 2.05) is 17.9 Å². The van der Waals surface area contributed by atoms with Crippen LogP contribution in [0.5, 0.6) is 0 Å². The van der Waals surface area contributed by atoms with Gasteiger partial charge in [0.2, 0.25) is 0 Å². The fourth-order valence-electron chi connectivity index (χ4n) is 3.76. The molecule has 3 rings (SSSR count). The Morgan fingerprint density at radius 2 is 2.04 bits per heavy atom. The number of piperidine rings is 1. The molecule has 0 aromatic carbocycles. The highest BCUT2D eigenvalue weighted by molar-refractivity contribution is 5.80. The van der Waals surface area contributed by atoms with Crippen LogP contribution in [0, 0.1) is 5.92 Å². The van der Waals surface area contributed by atoms with Gasteiger partial charge in [0.1, 0.15) is 0 Å². The molecule has 0 radical (unpaired) electrons. The van der Waals surface area contributed by atoms with Crippen molar-refractivity contribution in [1.82, 2.24) is 24.9 Å². The van der Waals surface area contributed by atoms with E-state index in [1.54, 1.807) is 0 Å². The lowest BCUT2D eigenvalue weighted by molar-refractivity contribution is 0.223. The summed E-state index contributed by atoms with van der Waals surface area (Å²) in [5.41, 5.74) is 1.35. The Hall–Kier alpha value is -1.56. The van der Waals surface area contributed by atoms with Gasteiger partial charge in [0.25, 0.3) is 0 Å². The van der Waals surface area contributed by atoms with Gasteiger partial charge in [0.15, 0.2) is 5.96 Å². The first-order valence-corrected chi connectivity index (χ1v) is 9.36. The monoisotopic (exact) mass is 332 g/mol. The summed E-state index contributed by atoms with van der Waals surface area (Å²) >= 11 is 0. The molecule has 2 aliphatic rings. The van der Waals surface area contributed by atoms with Gasteiger partial charge in [0, 0.05) is 45.3 Å². The van der Waals surface area contributed by atoms with Crippen molar-refractivity contribution in [3.8, 4) is 0 Å². The van der Waals surface area contributed by atoms with Gasteiger partial charge in [-0.2, -0.15) is 5.10 Å². The molecule has 0 spiro atoms. The molecule has 1 unspecified atom stereocenters. The molecule has 6 heteroatoms. The number of hydrogen-bond donors (Lipinski definition) is 1. The average molecular weight is 332 g/mol. The number of nitrogens with zero attached hydrogens (tertiary/aromatic N) is 5. The van der Waals surface area contributed by atoms with Crippen molar-refractivity contribution < 1.29 is 0 Å². The molecule has 1 atom stereocenters. The summed E-state index contributed by atoms with van der Waals surface area (Å²) in [6.45, 7) is 8.60. The zero-order valence-electron chi connectivity index (χ0n) is 15.4. The third kappa shape index (κ3) is 4.29. The molecule has 134 valence electrons. The molecular weight excluding hydrogens is 300 g/mol. The fourth-order valence-corrected chi connectivity index (χ4v) is 3.76. The molecule has 0 saturated carbocycles. The Kier molecular flexibility index (Phi) is 5.76. The van der Waals surface area contributed by atoms with E-state index in [1.165, 1.54) is 37.9 Å². The number of rotatable bonds is 4. The molecule has 1 aromatic rings. The van der Waals surface area contributed by atoms with E-state index in [9.17, 15) is 0 Å². The minimum atomic E-state index is 0.575. The van der Waals surface area contributed by atoms with Crippen LogP contribution >= 0.6 is 0 Å². The highest BCUT2D eigenvalue weighted by atomic mass is 15.3. The molecular formula is C18H32N6. The first-order chi connectivity index (χ1) is 11.7. The van der Waals surface area contributed by atoms with Crippen molar-refractivity contribution in [3.05, 3.63) is 18.0 Å². The zero-order valence-corrected chi connectivity index (χ0v) is 15.4. The van der Waals surface area contributed by atoms with Crippen LogP contribution < -0.4 is 5.32 Å². The van der Waals surface area contributed by atoms with E-state index in [-0.39, 0.29) is 0 Å². The topological polar surface area (TPSA) is 48.7 Å². The molecule has 0 bridgehead atoms. The lowest BCUT2D eigenvalue weighted by atomic mass is 9.97. The predicted molar refractivity (Wildman–Crippen MR) is 98.3 cm³/mol. The lowest BCUT2D eigenvalue weighted by Crippen LogP contribution is -2.40. The quantitative estimate of drug-likeness (QED) is 0.671. The second-order valence-electron chi connectivity index (χ2n) is 7.32. The van der Waals surface area contributed by atoms with Crippen LogP contribution in [0.2, 0.25) is 0 Å². The summed E-state index contributed by atoms with van der Waals surface area (Å²) in [5.74, 6) is 2.42. The van der Waals surface area contributed by atoms with Gasteiger partial charge in [-0.1, -0.05) is 0 Å². The van der Waals surface area contributed by atoms with E-state index in [2.05, 4.69) is 40.4 Å². The van der Waals surface area contributed by atoms with Gasteiger partial charge in [0.05, 0.1) is 6.20 Å². The maximum absolute atomic E-state index is 4.97. The number of hydrogen-bond acceptors (Lipinski definition) is 3. The second kappa shape index (κ2) is 8.01. The molecule has 2 aliphatic heterocycles. The molecule has 2 fully saturated rings. The summed E-state index contributed by atoms with van der Waals surface area (Å²) in [5, 5.41) is 7.81. The third-order valence-corrected chi connectivity index (χ3v) is 5.36. The van der Waals surface area contributed by atoms with Gasteiger partial charge in [-0.15, -0.1) is 0 Å². The van der Waals surface area contributed by atoms with Crippen LogP contribution in [-0.2, 0) is 7.05 Å². The number of nitrogens with one attached hydrogen (secondary N) is 1. The maximum Gasteiger partial charge on any atom is 0.193 e. The summed E-state index contributed by atoms with van der Waals surface area (Å²) < 4.78 is 1.90. The zero-order chi connectivity index (χ0) is 16.9.